The van der Waals surface area contributed by atoms with Gasteiger partial charge in [0.1, 0.15) is 0 Å². The Morgan fingerprint density at radius 1 is 0.941 bits per heavy atom. The molecule has 0 bridgehead atoms. The van der Waals surface area contributed by atoms with E-state index in [1.807, 2.05) is 28.0 Å². The van der Waals surface area contributed by atoms with E-state index in [1.165, 1.54) is 0 Å². The van der Waals surface area contributed by atoms with Gasteiger partial charge in [-0.05, 0) is 56.6 Å². The number of fused-ring (bicyclic) bond motifs is 1. The summed E-state index contributed by atoms with van der Waals surface area (Å²) in [6, 6.07) is 8.60. The number of hydrogen-bond acceptors (Lipinski definition) is 5. The van der Waals surface area contributed by atoms with Gasteiger partial charge >= 0.3 is 0 Å². The maximum Gasteiger partial charge on any atom is 0.223 e. The SMILES string of the molecule is CC(=O)N1CCCN(C2CCOCC2)CCCN(C(=O)CCC2CCCO2)Cc2ccccc21. The maximum absolute atomic E-state index is 13.3. The molecule has 3 heterocycles. The van der Waals surface area contributed by atoms with Crippen LogP contribution < -0.4 is 4.90 Å². The van der Waals surface area contributed by atoms with Crippen molar-refractivity contribution in [2.75, 3.05) is 50.9 Å². The van der Waals surface area contributed by atoms with Crippen LogP contribution in [0.5, 0.6) is 0 Å². The first-order valence-electron chi connectivity index (χ1n) is 13.2. The van der Waals surface area contributed by atoms with Crippen molar-refractivity contribution in [3.63, 3.8) is 0 Å². The van der Waals surface area contributed by atoms with Crippen LogP contribution in [0.2, 0.25) is 0 Å². The van der Waals surface area contributed by atoms with Gasteiger partial charge in [-0.2, -0.15) is 0 Å². The summed E-state index contributed by atoms with van der Waals surface area (Å²) < 4.78 is 11.3. The summed E-state index contributed by atoms with van der Waals surface area (Å²) in [7, 11) is 0. The van der Waals surface area contributed by atoms with E-state index in [0.717, 1.165) is 95.7 Å². The van der Waals surface area contributed by atoms with Gasteiger partial charge in [0.05, 0.1) is 6.10 Å². The number of benzene rings is 1. The van der Waals surface area contributed by atoms with Crippen LogP contribution in [0.15, 0.2) is 24.3 Å². The van der Waals surface area contributed by atoms with Crippen LogP contribution in [-0.2, 0) is 25.6 Å². The minimum Gasteiger partial charge on any atom is -0.381 e. The van der Waals surface area contributed by atoms with Crippen molar-refractivity contribution in [1.82, 2.24) is 9.80 Å². The van der Waals surface area contributed by atoms with Crippen molar-refractivity contribution >= 4 is 17.5 Å². The lowest BCUT2D eigenvalue weighted by Gasteiger charge is -2.36. The van der Waals surface area contributed by atoms with E-state index in [1.54, 1.807) is 6.92 Å². The van der Waals surface area contributed by atoms with Crippen LogP contribution in [-0.4, -0.2) is 79.8 Å². The van der Waals surface area contributed by atoms with Gasteiger partial charge in [0.15, 0.2) is 0 Å². The number of anilines is 1. The summed E-state index contributed by atoms with van der Waals surface area (Å²) in [5.74, 6) is 0.243. The van der Waals surface area contributed by atoms with Gasteiger partial charge in [-0.25, -0.2) is 0 Å². The largest absolute Gasteiger partial charge is 0.381 e. The Kier molecular flexibility index (Phi) is 9.36. The molecule has 0 spiro atoms. The van der Waals surface area contributed by atoms with E-state index in [9.17, 15) is 9.59 Å². The average molecular weight is 472 g/mol. The molecular weight excluding hydrogens is 430 g/mol. The molecule has 0 aliphatic carbocycles. The van der Waals surface area contributed by atoms with Crippen LogP contribution in [0.25, 0.3) is 0 Å². The fourth-order valence-corrected chi connectivity index (χ4v) is 5.59. The minimum atomic E-state index is 0.0541. The third kappa shape index (κ3) is 6.80. The van der Waals surface area contributed by atoms with E-state index in [4.69, 9.17) is 9.47 Å². The summed E-state index contributed by atoms with van der Waals surface area (Å²) in [6.07, 6.45) is 7.71. The molecule has 2 saturated heterocycles. The summed E-state index contributed by atoms with van der Waals surface area (Å²) in [5.41, 5.74) is 1.98. The Balaban J connectivity index is 1.52. The fourth-order valence-electron chi connectivity index (χ4n) is 5.59. The Morgan fingerprint density at radius 2 is 1.71 bits per heavy atom. The smallest absolute Gasteiger partial charge is 0.223 e. The van der Waals surface area contributed by atoms with Crippen molar-refractivity contribution < 1.29 is 19.1 Å². The van der Waals surface area contributed by atoms with Crippen molar-refractivity contribution in [2.24, 2.45) is 0 Å². The molecular formula is C27H41N3O4. The van der Waals surface area contributed by atoms with Gasteiger partial charge in [0, 0.05) is 77.6 Å². The number of nitrogens with zero attached hydrogens (tertiary/aromatic N) is 3. The molecule has 188 valence electrons. The van der Waals surface area contributed by atoms with Crippen molar-refractivity contribution in [2.45, 2.75) is 77.0 Å². The Hall–Kier alpha value is -1.96. The zero-order valence-electron chi connectivity index (χ0n) is 20.8. The second-order valence-electron chi connectivity index (χ2n) is 9.87. The molecule has 0 saturated carbocycles. The van der Waals surface area contributed by atoms with Gasteiger partial charge in [-0.3, -0.25) is 9.59 Å². The topological polar surface area (TPSA) is 62.3 Å². The molecule has 34 heavy (non-hydrogen) atoms. The zero-order valence-corrected chi connectivity index (χ0v) is 20.8. The lowest BCUT2D eigenvalue weighted by molar-refractivity contribution is -0.132. The molecule has 3 aliphatic rings. The van der Waals surface area contributed by atoms with Crippen LogP contribution in [0, 0.1) is 0 Å². The van der Waals surface area contributed by atoms with E-state index in [0.29, 0.717) is 25.6 Å². The minimum absolute atomic E-state index is 0.0541. The molecule has 7 nitrogen and oxygen atoms in total. The normalized spacial score (nSPS) is 23.7. The number of carbonyl (C=O) groups excluding carboxylic acids is 2. The predicted molar refractivity (Wildman–Crippen MR) is 133 cm³/mol. The summed E-state index contributed by atoms with van der Waals surface area (Å²) in [6.45, 7) is 8.01. The van der Waals surface area contributed by atoms with Crippen LogP contribution >= 0.6 is 0 Å². The van der Waals surface area contributed by atoms with Crippen molar-refractivity contribution in [3.8, 4) is 0 Å². The lowest BCUT2D eigenvalue weighted by atomic mass is 10.1. The van der Waals surface area contributed by atoms with E-state index < -0.39 is 0 Å². The number of rotatable bonds is 4. The van der Waals surface area contributed by atoms with Gasteiger partial charge < -0.3 is 24.2 Å². The summed E-state index contributed by atoms with van der Waals surface area (Å²) in [4.78, 5) is 32.4. The summed E-state index contributed by atoms with van der Waals surface area (Å²) >= 11 is 0. The quantitative estimate of drug-likeness (QED) is 0.672. The highest BCUT2D eigenvalue weighted by atomic mass is 16.5. The van der Waals surface area contributed by atoms with Crippen LogP contribution in [0.4, 0.5) is 5.69 Å². The lowest BCUT2D eigenvalue weighted by Crippen LogP contribution is -2.43. The monoisotopic (exact) mass is 471 g/mol. The van der Waals surface area contributed by atoms with Gasteiger partial charge in [0.2, 0.25) is 11.8 Å². The van der Waals surface area contributed by atoms with Gasteiger partial charge in [-0.15, -0.1) is 0 Å². The molecule has 0 aromatic heterocycles. The average Bonchev–Trinajstić information content (AvgIpc) is 3.37. The zero-order chi connectivity index (χ0) is 23.8. The Bertz CT molecular complexity index is 805. The first-order chi connectivity index (χ1) is 16.6. The van der Waals surface area contributed by atoms with E-state index >= 15 is 0 Å². The molecule has 2 amide bonds. The predicted octanol–water partition coefficient (Wildman–Crippen LogP) is 3.60. The number of ether oxygens (including phenoxy) is 2. The van der Waals surface area contributed by atoms with E-state index in [-0.39, 0.29) is 17.9 Å². The second kappa shape index (κ2) is 12.7. The molecule has 1 atom stereocenters. The molecule has 2 fully saturated rings. The highest BCUT2D eigenvalue weighted by Crippen LogP contribution is 2.25. The van der Waals surface area contributed by atoms with Crippen molar-refractivity contribution in [1.29, 1.82) is 0 Å². The third-order valence-electron chi connectivity index (χ3n) is 7.49. The maximum atomic E-state index is 13.3. The first kappa shape index (κ1) is 25.1. The molecule has 3 aliphatic heterocycles. The standard InChI is InChI=1S/C27H41N3O4/c1-22(31)30-17-6-15-28(24-12-19-33-20-13-24)14-5-16-29(21-23-7-2-3-9-26(23)30)27(32)11-10-25-8-4-18-34-25/h2-3,7,9,24-25H,4-6,8,10-21H2,1H3. The van der Waals surface area contributed by atoms with E-state index in [2.05, 4.69) is 11.0 Å². The van der Waals surface area contributed by atoms with Crippen LogP contribution in [0.1, 0.15) is 63.9 Å². The Labute approximate surface area is 204 Å². The van der Waals surface area contributed by atoms with Gasteiger partial charge in [0.25, 0.3) is 0 Å². The molecule has 0 N–H and O–H groups in total. The highest BCUT2D eigenvalue weighted by Gasteiger charge is 2.25. The number of carbonyl (C=O) groups is 2. The molecule has 1 aromatic carbocycles. The summed E-state index contributed by atoms with van der Waals surface area (Å²) in [5, 5.41) is 0. The van der Waals surface area contributed by atoms with Crippen LogP contribution in [0.3, 0.4) is 0 Å². The first-order valence-corrected chi connectivity index (χ1v) is 13.2. The Morgan fingerprint density at radius 3 is 2.44 bits per heavy atom. The molecule has 1 unspecified atom stereocenters. The number of para-hydroxylation sites is 1. The highest BCUT2D eigenvalue weighted by molar-refractivity contribution is 5.92. The number of hydrogen-bond donors (Lipinski definition) is 0. The molecule has 4 rings (SSSR count). The third-order valence-corrected chi connectivity index (χ3v) is 7.49. The number of amides is 2. The second-order valence-corrected chi connectivity index (χ2v) is 9.87. The molecule has 0 radical (unpaired) electrons. The van der Waals surface area contributed by atoms with Crippen molar-refractivity contribution in [3.05, 3.63) is 29.8 Å². The fraction of sp³-hybridized carbons (Fsp3) is 0.704. The molecule has 1 aromatic rings. The van der Waals surface area contributed by atoms with Gasteiger partial charge in [-0.1, -0.05) is 18.2 Å². The molecule has 7 heteroatoms.